The first kappa shape index (κ1) is 7.70. The van der Waals surface area contributed by atoms with E-state index in [1.165, 1.54) is 0 Å². The van der Waals surface area contributed by atoms with E-state index < -0.39 is 0 Å². The van der Waals surface area contributed by atoms with Gasteiger partial charge in [0.05, 0.1) is 0 Å². The molecule has 1 unspecified atom stereocenters. The molecule has 0 aromatic heterocycles. The highest BCUT2D eigenvalue weighted by atomic mass is 14.6. The average Bonchev–Trinajstić information content (AvgIpc) is 1.83. The molecular formula is C7H14N. The Kier molecular flexibility index (Phi) is 4.67. The fourth-order valence-electron chi connectivity index (χ4n) is 0.436. The number of hydrogen-bond donors (Lipinski definition) is 0. The zero-order valence-electron chi connectivity index (χ0n) is 5.65. The molecule has 0 aliphatic rings. The minimum Gasteiger partial charge on any atom is -0.250 e. The van der Waals surface area contributed by atoms with Gasteiger partial charge in [0, 0.05) is 6.04 Å². The molecule has 0 heterocycles. The summed E-state index contributed by atoms with van der Waals surface area (Å²) in [7, 11) is 0. The predicted octanol–water partition coefficient (Wildman–Crippen LogP) is 2.01. The van der Waals surface area contributed by atoms with Crippen molar-refractivity contribution in [3.63, 3.8) is 0 Å². The number of nitrogens with one attached hydrogen (secondary N) is 1. The van der Waals surface area contributed by atoms with Crippen LogP contribution in [0.4, 0.5) is 0 Å². The van der Waals surface area contributed by atoms with E-state index in [1.54, 1.807) is 0 Å². The summed E-state index contributed by atoms with van der Waals surface area (Å²) < 4.78 is 0. The zero-order chi connectivity index (χ0) is 6.41. The van der Waals surface area contributed by atoms with Crippen LogP contribution in [0.15, 0.2) is 12.2 Å². The normalized spacial score (nSPS) is 14.9. The smallest absolute Gasteiger partial charge is 0.0390 e. The van der Waals surface area contributed by atoms with E-state index in [0.29, 0.717) is 0 Å². The lowest BCUT2D eigenvalue weighted by molar-refractivity contribution is 0.756. The lowest BCUT2D eigenvalue weighted by Gasteiger charge is -1.95. The molecule has 0 aromatic rings. The van der Waals surface area contributed by atoms with E-state index in [0.717, 1.165) is 12.8 Å². The molecule has 0 saturated carbocycles. The molecule has 1 atom stereocenters. The third kappa shape index (κ3) is 3.88. The van der Waals surface area contributed by atoms with Gasteiger partial charge in [-0.3, -0.25) is 5.73 Å². The van der Waals surface area contributed by atoms with Gasteiger partial charge in [0.1, 0.15) is 0 Å². The molecule has 47 valence electrons. The highest BCUT2D eigenvalue weighted by Gasteiger charge is 1.88. The Morgan fingerprint density at radius 3 is 2.50 bits per heavy atom. The fourth-order valence-corrected chi connectivity index (χ4v) is 0.436. The Bertz CT molecular complexity index is 66.8. The molecule has 0 bridgehead atoms. The Morgan fingerprint density at radius 1 is 1.50 bits per heavy atom. The van der Waals surface area contributed by atoms with Gasteiger partial charge in [-0.25, -0.2) is 0 Å². The first-order valence-electron chi connectivity index (χ1n) is 3.19. The summed E-state index contributed by atoms with van der Waals surface area (Å²) in [6.45, 7) is 4.11. The number of hydrogen-bond acceptors (Lipinski definition) is 0. The number of allylic oxidation sites excluding steroid dienone is 1. The van der Waals surface area contributed by atoms with E-state index in [-0.39, 0.29) is 6.04 Å². The molecule has 0 fully saturated rings. The van der Waals surface area contributed by atoms with Gasteiger partial charge in [0.25, 0.3) is 0 Å². The summed E-state index contributed by atoms with van der Waals surface area (Å²) in [4.78, 5) is 0. The first-order chi connectivity index (χ1) is 3.81. The standard InChI is InChI=1S/C7H14N/c1-3-5-6-7(8)4-2/h5-8H,3-4H2,1-2H3/b6-5+. The van der Waals surface area contributed by atoms with Crippen molar-refractivity contribution < 1.29 is 0 Å². The second-order valence-electron chi connectivity index (χ2n) is 1.85. The second-order valence-corrected chi connectivity index (χ2v) is 1.85. The minimum absolute atomic E-state index is 0.0231. The van der Waals surface area contributed by atoms with Gasteiger partial charge in [0.2, 0.25) is 0 Å². The molecule has 1 nitrogen and oxygen atoms in total. The van der Waals surface area contributed by atoms with Crippen molar-refractivity contribution in [2.75, 3.05) is 0 Å². The van der Waals surface area contributed by atoms with Crippen molar-refractivity contribution in [1.82, 2.24) is 5.73 Å². The third-order valence-electron chi connectivity index (χ3n) is 1.04. The van der Waals surface area contributed by atoms with Crippen molar-refractivity contribution in [3.8, 4) is 0 Å². The van der Waals surface area contributed by atoms with Gasteiger partial charge in [-0.2, -0.15) is 0 Å². The van der Waals surface area contributed by atoms with Crippen LogP contribution < -0.4 is 5.73 Å². The van der Waals surface area contributed by atoms with Crippen LogP contribution >= 0.6 is 0 Å². The SMILES string of the molecule is CC/C=C/C([NH])CC. The van der Waals surface area contributed by atoms with Crippen LogP contribution in [-0.2, 0) is 0 Å². The Hall–Kier alpha value is -0.300. The van der Waals surface area contributed by atoms with Gasteiger partial charge in [-0.1, -0.05) is 26.0 Å². The molecule has 0 amide bonds. The van der Waals surface area contributed by atoms with Crippen LogP contribution in [0, 0.1) is 0 Å². The van der Waals surface area contributed by atoms with Crippen LogP contribution in [0.1, 0.15) is 26.7 Å². The van der Waals surface area contributed by atoms with Crippen LogP contribution in [0.3, 0.4) is 0 Å². The van der Waals surface area contributed by atoms with Crippen LogP contribution in [-0.4, -0.2) is 6.04 Å². The topological polar surface area (TPSA) is 23.8 Å². The van der Waals surface area contributed by atoms with Gasteiger partial charge < -0.3 is 0 Å². The van der Waals surface area contributed by atoms with Crippen LogP contribution in [0.2, 0.25) is 0 Å². The minimum atomic E-state index is 0.0231. The van der Waals surface area contributed by atoms with Gasteiger partial charge >= 0.3 is 0 Å². The lowest BCUT2D eigenvalue weighted by Crippen LogP contribution is -2.00. The summed E-state index contributed by atoms with van der Waals surface area (Å²) in [5.41, 5.74) is 7.24. The Balaban J connectivity index is 3.21. The van der Waals surface area contributed by atoms with E-state index >= 15 is 0 Å². The van der Waals surface area contributed by atoms with E-state index in [4.69, 9.17) is 5.73 Å². The second kappa shape index (κ2) is 4.85. The maximum absolute atomic E-state index is 7.24. The monoisotopic (exact) mass is 112 g/mol. The Morgan fingerprint density at radius 2 is 2.12 bits per heavy atom. The van der Waals surface area contributed by atoms with Crippen molar-refractivity contribution in [2.24, 2.45) is 0 Å². The highest BCUT2D eigenvalue weighted by Crippen LogP contribution is 1.90. The van der Waals surface area contributed by atoms with Crippen molar-refractivity contribution in [2.45, 2.75) is 32.7 Å². The average molecular weight is 112 g/mol. The third-order valence-corrected chi connectivity index (χ3v) is 1.04. The maximum Gasteiger partial charge on any atom is 0.0390 e. The quantitative estimate of drug-likeness (QED) is 0.499. The lowest BCUT2D eigenvalue weighted by atomic mass is 10.2. The van der Waals surface area contributed by atoms with Crippen LogP contribution in [0.5, 0.6) is 0 Å². The summed E-state index contributed by atoms with van der Waals surface area (Å²) in [5, 5.41) is 0. The largest absolute Gasteiger partial charge is 0.250 e. The molecule has 0 aromatic carbocycles. The fraction of sp³-hybridized carbons (Fsp3) is 0.714. The molecule has 1 N–H and O–H groups in total. The van der Waals surface area contributed by atoms with E-state index in [9.17, 15) is 0 Å². The van der Waals surface area contributed by atoms with Gasteiger partial charge in [-0.15, -0.1) is 0 Å². The molecule has 1 heteroatoms. The molecule has 1 radical (unpaired) electrons. The van der Waals surface area contributed by atoms with Gasteiger partial charge in [0.15, 0.2) is 0 Å². The van der Waals surface area contributed by atoms with Crippen molar-refractivity contribution in [3.05, 3.63) is 12.2 Å². The highest BCUT2D eigenvalue weighted by molar-refractivity contribution is 4.88. The van der Waals surface area contributed by atoms with Crippen molar-refractivity contribution >= 4 is 0 Å². The molecule has 0 spiro atoms. The molecule has 0 rings (SSSR count). The van der Waals surface area contributed by atoms with Crippen LogP contribution in [0.25, 0.3) is 0 Å². The summed E-state index contributed by atoms with van der Waals surface area (Å²) in [6, 6.07) is 0.0231. The molecule has 0 saturated heterocycles. The predicted molar refractivity (Wildman–Crippen MR) is 36.6 cm³/mol. The molecule has 8 heavy (non-hydrogen) atoms. The number of rotatable bonds is 3. The summed E-state index contributed by atoms with van der Waals surface area (Å²) in [6.07, 6.45) is 5.97. The molecule has 0 aliphatic heterocycles. The summed E-state index contributed by atoms with van der Waals surface area (Å²) in [5.74, 6) is 0. The first-order valence-corrected chi connectivity index (χ1v) is 3.19. The molecule has 0 aliphatic carbocycles. The molecular weight excluding hydrogens is 98.1 g/mol. The summed E-state index contributed by atoms with van der Waals surface area (Å²) >= 11 is 0. The Labute approximate surface area is 51.6 Å². The van der Waals surface area contributed by atoms with Gasteiger partial charge in [-0.05, 0) is 12.8 Å². The maximum atomic E-state index is 7.24. The van der Waals surface area contributed by atoms with E-state index in [2.05, 4.69) is 6.92 Å². The van der Waals surface area contributed by atoms with Crippen molar-refractivity contribution in [1.29, 1.82) is 0 Å². The van der Waals surface area contributed by atoms with E-state index in [1.807, 2.05) is 19.1 Å². The zero-order valence-corrected chi connectivity index (χ0v) is 5.65.